The van der Waals surface area contributed by atoms with E-state index in [1.807, 2.05) is 0 Å². The predicted molar refractivity (Wildman–Crippen MR) is 123 cm³/mol. The maximum Gasteiger partial charge on any atom is 0.323 e. The standard InChI is InChI=1S/C21H26N2O8S2/c1-29-21(28)15(13-33-32-12-14(22)20(26)27)23(8-6-16(24)18-4-2-10-30-18)9-7-17(25)19-5-3-11-31-19/h2-5,10-11,14-15H,6-9,12-13,22H2,1H3,(H,26,27)/t14?,15-/m0/s1. The first-order chi connectivity index (χ1) is 15.8. The number of nitrogens with two attached hydrogens (primary N) is 1. The molecule has 0 saturated heterocycles. The summed E-state index contributed by atoms with van der Waals surface area (Å²) >= 11 is 0. The van der Waals surface area contributed by atoms with E-state index < -0.39 is 24.0 Å². The van der Waals surface area contributed by atoms with Crippen LogP contribution in [0.2, 0.25) is 0 Å². The van der Waals surface area contributed by atoms with Crippen LogP contribution in [-0.4, -0.2) is 77.3 Å². The van der Waals surface area contributed by atoms with Crippen molar-refractivity contribution in [3.05, 3.63) is 48.3 Å². The molecule has 3 N–H and O–H groups in total. The summed E-state index contributed by atoms with van der Waals surface area (Å²) in [5.74, 6) is -1.28. The number of nitrogens with zero attached hydrogens (tertiary/aromatic N) is 1. The average Bonchev–Trinajstić information content (AvgIpc) is 3.53. The Morgan fingerprint density at radius 3 is 1.94 bits per heavy atom. The summed E-state index contributed by atoms with van der Waals surface area (Å²) in [6.45, 7) is 0.370. The Morgan fingerprint density at radius 2 is 1.52 bits per heavy atom. The van der Waals surface area contributed by atoms with Crippen molar-refractivity contribution in [1.82, 2.24) is 4.90 Å². The van der Waals surface area contributed by atoms with Gasteiger partial charge in [0.1, 0.15) is 12.1 Å². The fourth-order valence-electron chi connectivity index (χ4n) is 2.80. The number of Topliss-reactive ketones (excluding diaryl/α,β-unsaturated/α-hetero) is 2. The summed E-state index contributed by atoms with van der Waals surface area (Å²) in [6.07, 6.45) is 2.94. The highest BCUT2D eigenvalue weighted by Crippen LogP contribution is 2.25. The Hall–Kier alpha value is -2.54. The number of carbonyl (C=O) groups excluding carboxylic acids is 3. The van der Waals surface area contributed by atoms with Crippen molar-refractivity contribution in [2.24, 2.45) is 5.73 Å². The largest absolute Gasteiger partial charge is 0.480 e. The number of aliphatic carboxylic acids is 1. The minimum absolute atomic E-state index is 0.0671. The van der Waals surface area contributed by atoms with E-state index in [9.17, 15) is 19.2 Å². The van der Waals surface area contributed by atoms with Crippen LogP contribution >= 0.6 is 21.6 Å². The second-order valence-electron chi connectivity index (χ2n) is 6.89. The summed E-state index contributed by atoms with van der Waals surface area (Å²) in [5, 5.41) is 8.90. The zero-order chi connectivity index (χ0) is 24.2. The van der Waals surface area contributed by atoms with Crippen molar-refractivity contribution in [2.75, 3.05) is 31.7 Å². The van der Waals surface area contributed by atoms with Crippen LogP contribution in [0.1, 0.15) is 34.0 Å². The van der Waals surface area contributed by atoms with E-state index in [1.54, 1.807) is 29.2 Å². The quantitative estimate of drug-likeness (QED) is 0.151. The molecule has 12 heteroatoms. The molecule has 0 aromatic carbocycles. The number of furan rings is 2. The summed E-state index contributed by atoms with van der Waals surface area (Å²) in [6, 6.07) is 4.56. The fraction of sp³-hybridized carbons (Fsp3) is 0.429. The van der Waals surface area contributed by atoms with Gasteiger partial charge in [-0.3, -0.25) is 24.1 Å². The van der Waals surface area contributed by atoms with Gasteiger partial charge in [-0.2, -0.15) is 0 Å². The number of carbonyl (C=O) groups is 4. The number of methoxy groups -OCH3 is 1. The average molecular weight is 499 g/mol. The van der Waals surface area contributed by atoms with Gasteiger partial charge >= 0.3 is 11.9 Å². The molecule has 0 aliphatic rings. The first-order valence-electron chi connectivity index (χ1n) is 10.0. The Bertz CT molecular complexity index is 851. The van der Waals surface area contributed by atoms with Gasteiger partial charge in [-0.1, -0.05) is 21.6 Å². The Morgan fingerprint density at radius 1 is 1.00 bits per heavy atom. The van der Waals surface area contributed by atoms with Gasteiger partial charge in [0.2, 0.25) is 0 Å². The van der Waals surface area contributed by atoms with Gasteiger partial charge < -0.3 is 24.4 Å². The molecule has 0 fully saturated rings. The summed E-state index contributed by atoms with van der Waals surface area (Å²) in [7, 11) is 3.75. The molecule has 0 spiro atoms. The molecule has 0 radical (unpaired) electrons. The first-order valence-corrected chi connectivity index (χ1v) is 12.5. The molecule has 0 amide bonds. The summed E-state index contributed by atoms with van der Waals surface area (Å²) in [5.41, 5.74) is 5.51. The maximum atomic E-state index is 12.5. The van der Waals surface area contributed by atoms with Crippen molar-refractivity contribution in [2.45, 2.75) is 24.9 Å². The normalized spacial score (nSPS) is 12.9. The van der Waals surface area contributed by atoms with Crippen molar-refractivity contribution >= 4 is 45.1 Å². The lowest BCUT2D eigenvalue weighted by molar-refractivity contribution is -0.146. The predicted octanol–water partition coefficient (Wildman–Crippen LogP) is 2.36. The molecule has 2 atom stereocenters. The van der Waals surface area contributed by atoms with Crippen molar-refractivity contribution in [1.29, 1.82) is 0 Å². The lowest BCUT2D eigenvalue weighted by atomic mass is 10.1. The van der Waals surface area contributed by atoms with E-state index in [0.717, 1.165) is 0 Å². The SMILES string of the molecule is COC(=O)[C@H](CSSCC(N)C(=O)O)N(CCC(=O)c1ccco1)CCC(=O)c1ccco1. The molecular weight excluding hydrogens is 472 g/mol. The van der Waals surface area contributed by atoms with Crippen LogP contribution in [0.15, 0.2) is 45.6 Å². The molecular formula is C21H26N2O8S2. The third-order valence-corrected chi connectivity index (χ3v) is 7.06. The molecule has 2 rings (SSSR count). The van der Waals surface area contributed by atoms with Crippen LogP contribution in [0.25, 0.3) is 0 Å². The van der Waals surface area contributed by atoms with Crippen molar-refractivity contribution < 1.29 is 37.9 Å². The summed E-state index contributed by atoms with van der Waals surface area (Å²) < 4.78 is 15.2. The highest BCUT2D eigenvalue weighted by atomic mass is 33.1. The van der Waals surface area contributed by atoms with E-state index in [1.165, 1.54) is 41.2 Å². The topological polar surface area (TPSA) is 153 Å². The fourth-order valence-corrected chi connectivity index (χ4v) is 5.16. The smallest absolute Gasteiger partial charge is 0.323 e. The van der Waals surface area contributed by atoms with Gasteiger partial charge in [-0.05, 0) is 24.3 Å². The zero-order valence-electron chi connectivity index (χ0n) is 18.0. The van der Waals surface area contributed by atoms with Gasteiger partial charge in [0.25, 0.3) is 0 Å². The Kier molecular flexibility index (Phi) is 11.2. The van der Waals surface area contributed by atoms with E-state index >= 15 is 0 Å². The zero-order valence-corrected chi connectivity index (χ0v) is 19.6. The number of carboxylic acid groups (broad SMARTS) is 1. The second-order valence-corrected chi connectivity index (χ2v) is 9.44. The highest BCUT2D eigenvalue weighted by molar-refractivity contribution is 8.76. The molecule has 2 aromatic heterocycles. The number of ketones is 2. The molecule has 0 aliphatic heterocycles. The van der Waals surface area contributed by atoms with Gasteiger partial charge in [0, 0.05) is 37.4 Å². The number of hydrogen-bond donors (Lipinski definition) is 2. The third-order valence-electron chi connectivity index (χ3n) is 4.63. The van der Waals surface area contributed by atoms with E-state index in [4.69, 9.17) is 24.4 Å². The molecule has 2 heterocycles. The second kappa shape index (κ2) is 13.9. The molecule has 33 heavy (non-hydrogen) atoms. The lowest BCUT2D eigenvalue weighted by Crippen LogP contribution is -2.45. The number of esters is 1. The highest BCUT2D eigenvalue weighted by Gasteiger charge is 2.29. The van der Waals surface area contributed by atoms with Gasteiger partial charge in [0.05, 0.1) is 19.6 Å². The van der Waals surface area contributed by atoms with Crippen LogP contribution in [0.5, 0.6) is 0 Å². The molecule has 0 saturated carbocycles. The molecule has 0 aliphatic carbocycles. The Labute approximate surface area is 198 Å². The number of carboxylic acids is 1. The summed E-state index contributed by atoms with van der Waals surface area (Å²) in [4.78, 5) is 49.9. The molecule has 180 valence electrons. The van der Waals surface area contributed by atoms with Gasteiger partial charge in [-0.25, -0.2) is 0 Å². The number of rotatable bonds is 16. The number of ether oxygens (including phenoxy) is 1. The van der Waals surface area contributed by atoms with Crippen LogP contribution < -0.4 is 5.73 Å². The van der Waals surface area contributed by atoms with Gasteiger partial charge in [0.15, 0.2) is 23.1 Å². The van der Waals surface area contributed by atoms with Crippen molar-refractivity contribution in [3.63, 3.8) is 0 Å². The molecule has 1 unspecified atom stereocenters. The minimum atomic E-state index is -1.11. The van der Waals surface area contributed by atoms with Crippen LogP contribution in [0.3, 0.4) is 0 Å². The maximum absolute atomic E-state index is 12.5. The lowest BCUT2D eigenvalue weighted by Gasteiger charge is -2.29. The van der Waals surface area contributed by atoms with E-state index in [0.29, 0.717) is 0 Å². The van der Waals surface area contributed by atoms with Crippen molar-refractivity contribution in [3.8, 4) is 0 Å². The Balaban J connectivity index is 2.05. The monoisotopic (exact) mass is 498 g/mol. The molecule has 0 bridgehead atoms. The van der Waals surface area contributed by atoms with E-state index in [2.05, 4.69) is 0 Å². The van der Waals surface area contributed by atoms with Crippen LogP contribution in [0, 0.1) is 0 Å². The van der Waals surface area contributed by atoms with Crippen LogP contribution in [-0.2, 0) is 14.3 Å². The van der Waals surface area contributed by atoms with E-state index in [-0.39, 0.29) is 60.5 Å². The van der Waals surface area contributed by atoms with Gasteiger partial charge in [-0.15, -0.1) is 0 Å². The number of hydrogen-bond acceptors (Lipinski definition) is 11. The minimum Gasteiger partial charge on any atom is -0.480 e. The third kappa shape index (κ3) is 8.72. The van der Waals surface area contributed by atoms with Crippen LogP contribution in [0.4, 0.5) is 0 Å². The molecule has 10 nitrogen and oxygen atoms in total. The molecule has 2 aromatic rings. The first kappa shape index (κ1) is 26.7.